The first-order valence-corrected chi connectivity index (χ1v) is 13.8. The Labute approximate surface area is 230 Å². The molecule has 0 bridgehead atoms. The molecule has 6 heteroatoms. The molecule has 0 aromatic heterocycles. The van der Waals surface area contributed by atoms with Crippen LogP contribution in [0.4, 0.5) is 0 Å². The lowest BCUT2D eigenvalue weighted by Crippen LogP contribution is -2.53. The van der Waals surface area contributed by atoms with E-state index in [1.165, 1.54) is 6.42 Å². The first kappa shape index (κ1) is 27.2. The standard InChI is InChI=1S/C31H34Cl2N2O2/c1-22-11-8-9-14-24(22)21-35(30(36)20-26-27(32)17-10-18-28(26)33)29(19-23-12-4-2-5-13-23)31(37)34-25-15-6-3-7-16-25/h2,4-5,8-14,17-18,25,29H,3,6-7,15-16,19-21H2,1H3,(H,34,37). The van der Waals surface area contributed by atoms with Gasteiger partial charge < -0.3 is 10.2 Å². The molecule has 1 aliphatic carbocycles. The fourth-order valence-electron chi connectivity index (χ4n) is 5.02. The van der Waals surface area contributed by atoms with Crippen molar-refractivity contribution in [3.8, 4) is 0 Å². The summed E-state index contributed by atoms with van der Waals surface area (Å²) in [5.74, 6) is -0.291. The molecular formula is C31H34Cl2N2O2. The van der Waals surface area contributed by atoms with Gasteiger partial charge in [0.25, 0.3) is 0 Å². The molecule has 1 N–H and O–H groups in total. The third kappa shape index (κ3) is 7.37. The van der Waals surface area contributed by atoms with Gasteiger partial charge in [-0.15, -0.1) is 0 Å². The minimum absolute atomic E-state index is 0.0202. The molecule has 4 rings (SSSR count). The van der Waals surface area contributed by atoms with Crippen LogP contribution in [-0.4, -0.2) is 28.8 Å². The van der Waals surface area contributed by atoms with Gasteiger partial charge in [0.1, 0.15) is 6.04 Å². The zero-order valence-electron chi connectivity index (χ0n) is 21.3. The van der Waals surface area contributed by atoms with Crippen molar-refractivity contribution in [3.05, 3.63) is 105 Å². The molecule has 1 atom stereocenters. The third-order valence-corrected chi connectivity index (χ3v) is 7.92. The zero-order chi connectivity index (χ0) is 26.2. The van der Waals surface area contributed by atoms with Crippen LogP contribution in [0.1, 0.15) is 54.4 Å². The molecule has 3 aromatic rings. The van der Waals surface area contributed by atoms with Gasteiger partial charge in [-0.3, -0.25) is 9.59 Å². The van der Waals surface area contributed by atoms with Crippen LogP contribution in [0.3, 0.4) is 0 Å². The fourth-order valence-corrected chi connectivity index (χ4v) is 5.55. The lowest BCUT2D eigenvalue weighted by Gasteiger charge is -2.34. The largest absolute Gasteiger partial charge is 0.352 e. The highest BCUT2D eigenvalue weighted by Crippen LogP contribution is 2.27. The minimum atomic E-state index is -0.669. The summed E-state index contributed by atoms with van der Waals surface area (Å²) in [6.07, 6.45) is 5.84. The average Bonchev–Trinajstić information content (AvgIpc) is 2.90. The van der Waals surface area contributed by atoms with Crippen molar-refractivity contribution in [2.75, 3.05) is 0 Å². The molecule has 1 saturated carbocycles. The van der Waals surface area contributed by atoms with Crippen molar-refractivity contribution in [2.24, 2.45) is 0 Å². The van der Waals surface area contributed by atoms with Crippen LogP contribution < -0.4 is 5.32 Å². The maximum absolute atomic E-state index is 14.0. The van der Waals surface area contributed by atoms with E-state index in [0.29, 0.717) is 28.6 Å². The smallest absolute Gasteiger partial charge is 0.243 e. The van der Waals surface area contributed by atoms with Crippen LogP contribution in [0.15, 0.2) is 72.8 Å². The van der Waals surface area contributed by atoms with Gasteiger partial charge in [-0.25, -0.2) is 0 Å². The second-order valence-corrected chi connectivity index (χ2v) is 10.7. The van der Waals surface area contributed by atoms with E-state index in [1.807, 2.05) is 61.5 Å². The van der Waals surface area contributed by atoms with Gasteiger partial charge in [0, 0.05) is 29.1 Å². The highest BCUT2D eigenvalue weighted by atomic mass is 35.5. The van der Waals surface area contributed by atoms with E-state index in [-0.39, 0.29) is 24.3 Å². The Morgan fingerprint density at radius 1 is 0.892 bits per heavy atom. The number of hydrogen-bond donors (Lipinski definition) is 1. The van der Waals surface area contributed by atoms with E-state index in [2.05, 4.69) is 5.32 Å². The van der Waals surface area contributed by atoms with Gasteiger partial charge in [0.05, 0.1) is 6.42 Å². The van der Waals surface area contributed by atoms with Crippen LogP contribution in [0.5, 0.6) is 0 Å². The first-order valence-electron chi connectivity index (χ1n) is 13.0. The normalized spacial score (nSPS) is 14.7. The number of carbonyl (C=O) groups is 2. The molecule has 1 unspecified atom stereocenters. The van der Waals surface area contributed by atoms with Crippen molar-refractivity contribution in [1.29, 1.82) is 0 Å². The molecule has 0 aliphatic heterocycles. The number of nitrogens with zero attached hydrogens (tertiary/aromatic N) is 1. The second-order valence-electron chi connectivity index (χ2n) is 9.87. The molecule has 194 valence electrons. The predicted octanol–water partition coefficient (Wildman–Crippen LogP) is 6.93. The first-order chi connectivity index (χ1) is 17.9. The summed E-state index contributed by atoms with van der Waals surface area (Å²) in [5, 5.41) is 4.17. The summed E-state index contributed by atoms with van der Waals surface area (Å²) in [7, 11) is 0. The van der Waals surface area contributed by atoms with Crippen LogP contribution in [0.25, 0.3) is 0 Å². The van der Waals surface area contributed by atoms with E-state index in [4.69, 9.17) is 23.2 Å². The molecule has 0 radical (unpaired) electrons. The molecule has 4 nitrogen and oxygen atoms in total. The van der Waals surface area contributed by atoms with Gasteiger partial charge in [0.2, 0.25) is 11.8 Å². The number of hydrogen-bond acceptors (Lipinski definition) is 2. The summed E-state index contributed by atoms with van der Waals surface area (Å²) in [6.45, 7) is 2.35. The average molecular weight is 538 g/mol. The maximum atomic E-state index is 14.0. The van der Waals surface area contributed by atoms with Crippen LogP contribution in [0, 0.1) is 6.92 Å². The number of carbonyl (C=O) groups excluding carboxylic acids is 2. The third-order valence-electron chi connectivity index (χ3n) is 7.21. The Bertz CT molecular complexity index is 1190. The molecule has 0 spiro atoms. The molecule has 2 amide bonds. The SMILES string of the molecule is Cc1ccccc1CN(C(=O)Cc1c(Cl)cccc1Cl)C(Cc1ccccc1)C(=O)NC1CCCCC1. The Morgan fingerprint density at radius 3 is 2.22 bits per heavy atom. The van der Waals surface area contributed by atoms with Gasteiger partial charge in [-0.05, 0) is 54.2 Å². The van der Waals surface area contributed by atoms with E-state index < -0.39 is 6.04 Å². The van der Waals surface area contributed by atoms with E-state index in [0.717, 1.165) is 42.4 Å². The summed E-state index contributed by atoms with van der Waals surface area (Å²) < 4.78 is 0. The number of benzene rings is 3. The van der Waals surface area contributed by atoms with Crippen LogP contribution in [-0.2, 0) is 29.0 Å². The molecule has 1 aliphatic rings. The van der Waals surface area contributed by atoms with Gasteiger partial charge in [-0.2, -0.15) is 0 Å². The van der Waals surface area contributed by atoms with Gasteiger partial charge >= 0.3 is 0 Å². The van der Waals surface area contributed by atoms with Crippen molar-refractivity contribution >= 4 is 35.0 Å². The van der Waals surface area contributed by atoms with Crippen molar-refractivity contribution in [3.63, 3.8) is 0 Å². The summed E-state index contributed by atoms with van der Waals surface area (Å²) in [6, 6.07) is 22.6. The number of aryl methyl sites for hydroxylation is 1. The molecule has 1 fully saturated rings. The highest BCUT2D eigenvalue weighted by Gasteiger charge is 2.32. The molecular weight excluding hydrogens is 503 g/mol. The minimum Gasteiger partial charge on any atom is -0.352 e. The Kier molecular flexibility index (Phi) is 9.65. The summed E-state index contributed by atoms with van der Waals surface area (Å²) >= 11 is 12.9. The summed E-state index contributed by atoms with van der Waals surface area (Å²) in [4.78, 5) is 29.6. The van der Waals surface area contributed by atoms with Crippen molar-refractivity contribution in [1.82, 2.24) is 10.2 Å². The molecule has 3 aromatic carbocycles. The molecule has 0 heterocycles. The second kappa shape index (κ2) is 13.1. The van der Waals surface area contributed by atoms with E-state index in [9.17, 15) is 9.59 Å². The Morgan fingerprint density at radius 2 is 1.54 bits per heavy atom. The number of rotatable bonds is 9. The van der Waals surface area contributed by atoms with Crippen molar-refractivity contribution in [2.45, 2.75) is 70.5 Å². The monoisotopic (exact) mass is 536 g/mol. The van der Waals surface area contributed by atoms with Crippen molar-refractivity contribution < 1.29 is 9.59 Å². The van der Waals surface area contributed by atoms with Crippen LogP contribution in [0.2, 0.25) is 10.0 Å². The summed E-state index contributed by atoms with van der Waals surface area (Å²) in [5.41, 5.74) is 3.66. The molecule has 37 heavy (non-hydrogen) atoms. The van der Waals surface area contributed by atoms with Gasteiger partial charge in [0.15, 0.2) is 0 Å². The maximum Gasteiger partial charge on any atom is 0.243 e. The zero-order valence-corrected chi connectivity index (χ0v) is 22.8. The topological polar surface area (TPSA) is 49.4 Å². The Hall–Kier alpha value is -2.82. The Balaban J connectivity index is 1.69. The number of amides is 2. The quantitative estimate of drug-likeness (QED) is 0.322. The lowest BCUT2D eigenvalue weighted by atomic mass is 9.94. The number of halogens is 2. The number of nitrogens with one attached hydrogen (secondary N) is 1. The fraction of sp³-hybridized carbons (Fsp3) is 0.355. The lowest BCUT2D eigenvalue weighted by molar-refractivity contribution is -0.141. The van der Waals surface area contributed by atoms with Gasteiger partial charge in [-0.1, -0.05) is 103 Å². The van der Waals surface area contributed by atoms with Crippen LogP contribution >= 0.6 is 23.2 Å². The predicted molar refractivity (Wildman–Crippen MR) is 151 cm³/mol. The van der Waals surface area contributed by atoms with E-state index >= 15 is 0 Å². The van der Waals surface area contributed by atoms with E-state index in [1.54, 1.807) is 23.1 Å². The highest BCUT2D eigenvalue weighted by molar-refractivity contribution is 6.36. The molecule has 0 saturated heterocycles.